The molecule has 1 aromatic rings. The first-order valence-corrected chi connectivity index (χ1v) is 13.3. The van der Waals surface area contributed by atoms with Crippen LogP contribution < -0.4 is 4.74 Å². The highest BCUT2D eigenvalue weighted by molar-refractivity contribution is 5.24. The van der Waals surface area contributed by atoms with Crippen LogP contribution in [0.4, 0.5) is 17.9 Å². The van der Waals surface area contributed by atoms with Gasteiger partial charge in [0.1, 0.15) is 5.82 Å². The van der Waals surface area contributed by atoms with E-state index < -0.39 is 11.6 Å². The molecule has 0 unspecified atom stereocenters. The molecule has 0 aromatic heterocycles. The number of halogens is 4. The lowest BCUT2D eigenvalue weighted by atomic mass is 9.69. The molecule has 0 N–H and O–H groups in total. The van der Waals surface area contributed by atoms with E-state index in [0.29, 0.717) is 17.8 Å². The third-order valence-electron chi connectivity index (χ3n) is 8.08. The van der Waals surface area contributed by atoms with Gasteiger partial charge in [-0.1, -0.05) is 26.2 Å². The zero-order valence-corrected chi connectivity index (χ0v) is 21.4. The van der Waals surface area contributed by atoms with Crippen LogP contribution >= 0.6 is 0 Å². The number of hydrogen-bond acceptors (Lipinski definition) is 3. The molecule has 3 aliphatic rings. The van der Waals surface area contributed by atoms with Crippen LogP contribution in [0.5, 0.6) is 5.75 Å². The van der Waals surface area contributed by atoms with Gasteiger partial charge in [0.25, 0.3) is 0 Å². The van der Waals surface area contributed by atoms with E-state index in [4.69, 9.17) is 9.47 Å². The second-order valence-electron chi connectivity index (χ2n) is 10.4. The van der Waals surface area contributed by atoms with E-state index in [1.54, 1.807) is 0 Å². The number of alkyl halides is 1. The summed E-state index contributed by atoms with van der Waals surface area (Å²) in [6.07, 6.45) is 13.8. The van der Waals surface area contributed by atoms with Gasteiger partial charge in [0, 0.05) is 17.9 Å². The first kappa shape index (κ1) is 29.9. The Hall–Kier alpha value is -1.34. The molecule has 0 bridgehead atoms. The molecule has 2 aliphatic carbocycles. The lowest BCUT2D eigenvalue weighted by Gasteiger charge is -2.41. The zero-order valence-electron chi connectivity index (χ0n) is 21.4. The van der Waals surface area contributed by atoms with Gasteiger partial charge in [-0.25, -0.2) is 8.78 Å². The van der Waals surface area contributed by atoms with Gasteiger partial charge in [0.05, 0.1) is 27.0 Å². The summed E-state index contributed by atoms with van der Waals surface area (Å²) in [5, 5.41) is 0. The summed E-state index contributed by atoms with van der Waals surface area (Å²) in [6, 6.07) is 3.16. The fourth-order valence-corrected chi connectivity index (χ4v) is 6.04. The van der Waals surface area contributed by atoms with Crippen molar-refractivity contribution in [2.75, 3.05) is 27.0 Å². The predicted octanol–water partition coefficient (Wildman–Crippen LogP) is 7.87. The lowest BCUT2D eigenvalue weighted by molar-refractivity contribution is -0.230. The highest BCUT2D eigenvalue weighted by Crippen LogP contribution is 2.43. The molecular formula is C28H44F4O3. The van der Waals surface area contributed by atoms with Crippen LogP contribution in [0.25, 0.3) is 0 Å². The van der Waals surface area contributed by atoms with Crippen LogP contribution in [-0.2, 0) is 9.47 Å². The van der Waals surface area contributed by atoms with E-state index in [-0.39, 0.29) is 23.4 Å². The van der Waals surface area contributed by atoms with E-state index in [0.717, 1.165) is 43.6 Å². The number of benzene rings is 1. The van der Waals surface area contributed by atoms with Crippen LogP contribution in [0, 0.1) is 41.2 Å². The highest BCUT2D eigenvalue weighted by Gasteiger charge is 2.35. The largest absolute Gasteiger partial charge is 0.494 e. The van der Waals surface area contributed by atoms with Crippen LogP contribution in [0.3, 0.4) is 0 Å². The third kappa shape index (κ3) is 9.23. The Labute approximate surface area is 208 Å². The van der Waals surface area contributed by atoms with Gasteiger partial charge in [0.2, 0.25) is 0 Å². The van der Waals surface area contributed by atoms with Crippen LogP contribution in [0.1, 0.15) is 77.6 Å². The SMILES string of the molecule is CCCC1COC(C2CCC(C3CCC(CCF)CC3)CC2)OC1.COc1ccc(F)cc1F.F. The number of hydrogen-bond donors (Lipinski definition) is 0. The molecule has 0 radical (unpaired) electrons. The van der Waals surface area contributed by atoms with Crippen molar-refractivity contribution in [1.29, 1.82) is 0 Å². The molecule has 1 heterocycles. The molecule has 3 fully saturated rings. The minimum Gasteiger partial charge on any atom is -0.494 e. The first-order valence-electron chi connectivity index (χ1n) is 13.3. The Morgan fingerprint density at radius 3 is 1.91 bits per heavy atom. The highest BCUT2D eigenvalue weighted by atomic mass is 19.1. The summed E-state index contributed by atoms with van der Waals surface area (Å²) in [4.78, 5) is 0. The van der Waals surface area contributed by atoms with Crippen molar-refractivity contribution in [2.24, 2.45) is 29.6 Å². The van der Waals surface area contributed by atoms with Crippen LogP contribution in [0.15, 0.2) is 18.2 Å². The van der Waals surface area contributed by atoms with Gasteiger partial charge in [-0.3, -0.25) is 9.09 Å². The van der Waals surface area contributed by atoms with Gasteiger partial charge in [-0.2, -0.15) is 0 Å². The van der Waals surface area contributed by atoms with Crippen LogP contribution in [-0.4, -0.2) is 33.3 Å². The average Bonchev–Trinajstić information content (AvgIpc) is 2.86. The predicted molar refractivity (Wildman–Crippen MR) is 131 cm³/mol. The summed E-state index contributed by atoms with van der Waals surface area (Å²) in [7, 11) is 1.33. The van der Waals surface area contributed by atoms with Gasteiger partial charge in [-0.15, -0.1) is 0 Å². The molecular weight excluding hydrogens is 460 g/mol. The summed E-state index contributed by atoms with van der Waals surface area (Å²) in [5.74, 6) is 2.49. The maximum absolute atomic E-state index is 12.5. The Morgan fingerprint density at radius 2 is 1.40 bits per heavy atom. The number of rotatable bonds is 7. The van der Waals surface area contributed by atoms with Crippen molar-refractivity contribution in [3.63, 3.8) is 0 Å². The van der Waals surface area contributed by atoms with Gasteiger partial charge in [-0.05, 0) is 81.3 Å². The van der Waals surface area contributed by atoms with Gasteiger partial charge >= 0.3 is 0 Å². The fourth-order valence-electron chi connectivity index (χ4n) is 6.04. The molecule has 2 saturated carbocycles. The first-order chi connectivity index (χ1) is 16.5. The lowest BCUT2D eigenvalue weighted by Crippen LogP contribution is -2.39. The van der Waals surface area contributed by atoms with Crippen LogP contribution in [0.2, 0.25) is 0 Å². The van der Waals surface area contributed by atoms with E-state index >= 15 is 0 Å². The molecule has 0 amide bonds. The maximum atomic E-state index is 12.5. The van der Waals surface area contributed by atoms with Crippen molar-refractivity contribution in [3.8, 4) is 5.75 Å². The molecule has 1 aliphatic heterocycles. The average molecular weight is 505 g/mol. The Morgan fingerprint density at radius 1 is 0.829 bits per heavy atom. The van der Waals surface area contributed by atoms with E-state index in [1.807, 2.05) is 0 Å². The number of ether oxygens (including phenoxy) is 3. The monoisotopic (exact) mass is 504 g/mol. The Balaban J connectivity index is 0.000000332. The van der Waals surface area contributed by atoms with Crippen molar-refractivity contribution in [1.82, 2.24) is 0 Å². The topological polar surface area (TPSA) is 27.7 Å². The summed E-state index contributed by atoms with van der Waals surface area (Å²) < 4.78 is 53.8. The molecule has 3 nitrogen and oxygen atoms in total. The molecule has 0 spiro atoms. The molecule has 1 aromatic carbocycles. The standard InChI is InChI=1S/C21H37FO2.C7H6F2O.FH/c1-2-3-17-14-23-21(24-15-17)20-10-8-19(9-11-20)18-6-4-16(5-7-18)12-13-22;1-10-7-3-2-5(8)4-6(7)9;/h16-21H,2-15H2,1H3;2-4H,1H3;1H. The van der Waals surface area contributed by atoms with E-state index in [1.165, 1.54) is 77.4 Å². The Kier molecular flexibility index (Phi) is 13.4. The summed E-state index contributed by atoms with van der Waals surface area (Å²) in [6.45, 7) is 3.91. The second-order valence-corrected chi connectivity index (χ2v) is 10.4. The smallest absolute Gasteiger partial charge is 0.167 e. The van der Waals surface area contributed by atoms with Gasteiger partial charge < -0.3 is 14.2 Å². The third-order valence-corrected chi connectivity index (χ3v) is 8.08. The maximum Gasteiger partial charge on any atom is 0.167 e. The zero-order chi connectivity index (χ0) is 24.3. The summed E-state index contributed by atoms with van der Waals surface area (Å²) >= 11 is 0. The molecule has 7 heteroatoms. The van der Waals surface area contributed by atoms with Gasteiger partial charge in [0.15, 0.2) is 17.9 Å². The Bertz CT molecular complexity index is 661. The molecule has 35 heavy (non-hydrogen) atoms. The van der Waals surface area contributed by atoms with Crippen molar-refractivity contribution >= 4 is 0 Å². The normalized spacial score (nSPS) is 31.0. The molecule has 4 rings (SSSR count). The minimum atomic E-state index is -0.678. The quantitative estimate of drug-likeness (QED) is 0.354. The fraction of sp³-hybridized carbons (Fsp3) is 0.786. The van der Waals surface area contributed by atoms with E-state index in [2.05, 4.69) is 11.7 Å². The molecule has 1 saturated heterocycles. The van der Waals surface area contributed by atoms with Crippen molar-refractivity contribution in [3.05, 3.63) is 29.8 Å². The second kappa shape index (κ2) is 15.7. The van der Waals surface area contributed by atoms with E-state index in [9.17, 15) is 13.2 Å². The van der Waals surface area contributed by atoms with Crippen molar-refractivity contribution < 1.29 is 32.1 Å². The minimum absolute atomic E-state index is 0. The number of methoxy groups -OCH3 is 1. The van der Waals surface area contributed by atoms with Crippen molar-refractivity contribution in [2.45, 2.75) is 83.8 Å². The summed E-state index contributed by atoms with van der Waals surface area (Å²) in [5.41, 5.74) is 0. The molecule has 0 atom stereocenters. The molecule has 202 valence electrons.